The van der Waals surface area contributed by atoms with Crippen LogP contribution in [0.5, 0.6) is 0 Å². The number of carbonyl (C=O) groups is 1. The van der Waals surface area contributed by atoms with E-state index in [2.05, 4.69) is 5.16 Å². The van der Waals surface area contributed by atoms with Crippen molar-refractivity contribution in [3.05, 3.63) is 0 Å². The zero-order valence-corrected chi connectivity index (χ0v) is 9.27. The van der Waals surface area contributed by atoms with E-state index < -0.39 is 0 Å². The van der Waals surface area contributed by atoms with Gasteiger partial charge in [-0.05, 0) is 13.3 Å². The number of amides is 1. The maximum Gasteiger partial charge on any atom is 0.248 e. The van der Waals surface area contributed by atoms with Gasteiger partial charge in [-0.1, -0.05) is 12.1 Å². The highest BCUT2D eigenvalue weighted by atomic mass is 16.5. The molecule has 0 aromatic rings. The van der Waals surface area contributed by atoms with Crippen LogP contribution in [-0.2, 0) is 9.53 Å². The van der Waals surface area contributed by atoms with Crippen LogP contribution in [0.3, 0.4) is 0 Å². The summed E-state index contributed by atoms with van der Waals surface area (Å²) in [6, 6.07) is 0. The first-order valence-electron chi connectivity index (χ1n) is 4.97. The molecule has 0 saturated heterocycles. The van der Waals surface area contributed by atoms with E-state index in [1.165, 1.54) is 4.90 Å². The van der Waals surface area contributed by atoms with Crippen LogP contribution in [0.1, 0.15) is 20.3 Å². The largest absolute Gasteiger partial charge is 0.409 e. The third-order valence-corrected chi connectivity index (χ3v) is 1.76. The molecule has 1 amide bonds. The van der Waals surface area contributed by atoms with Gasteiger partial charge in [-0.25, -0.2) is 0 Å². The van der Waals surface area contributed by atoms with Crippen LogP contribution in [0.25, 0.3) is 0 Å². The highest BCUT2D eigenvalue weighted by Crippen LogP contribution is 1.94. The summed E-state index contributed by atoms with van der Waals surface area (Å²) in [5.41, 5.74) is 5.34. The van der Waals surface area contributed by atoms with Gasteiger partial charge in [0.2, 0.25) is 5.91 Å². The molecule has 0 fully saturated rings. The molecule has 0 saturated carbocycles. The first-order chi connectivity index (χ1) is 7.15. The fourth-order valence-electron chi connectivity index (χ4n) is 1.07. The highest BCUT2D eigenvalue weighted by Gasteiger charge is 2.13. The zero-order valence-electron chi connectivity index (χ0n) is 9.27. The van der Waals surface area contributed by atoms with Crippen molar-refractivity contribution in [2.24, 2.45) is 10.9 Å². The van der Waals surface area contributed by atoms with Crippen molar-refractivity contribution in [1.29, 1.82) is 0 Å². The molecule has 15 heavy (non-hydrogen) atoms. The van der Waals surface area contributed by atoms with Gasteiger partial charge in [0.1, 0.15) is 6.61 Å². The molecule has 0 unspecified atom stereocenters. The number of hydrogen-bond donors (Lipinski definition) is 2. The lowest BCUT2D eigenvalue weighted by molar-refractivity contribution is -0.135. The smallest absolute Gasteiger partial charge is 0.248 e. The minimum Gasteiger partial charge on any atom is -0.409 e. The Labute approximate surface area is 89.7 Å². The molecule has 6 heteroatoms. The summed E-state index contributed by atoms with van der Waals surface area (Å²) in [5.74, 6) is -0.126. The number of oxime groups is 1. The Morgan fingerprint density at radius 2 is 2.20 bits per heavy atom. The molecule has 0 bridgehead atoms. The Morgan fingerprint density at radius 1 is 1.53 bits per heavy atom. The Hall–Kier alpha value is -1.30. The Bertz CT molecular complexity index is 219. The second-order valence-electron chi connectivity index (χ2n) is 3.04. The highest BCUT2D eigenvalue weighted by molar-refractivity contribution is 5.87. The van der Waals surface area contributed by atoms with Crippen molar-refractivity contribution >= 4 is 11.7 Å². The van der Waals surface area contributed by atoms with Crippen molar-refractivity contribution in [3.63, 3.8) is 0 Å². The van der Waals surface area contributed by atoms with Crippen LogP contribution >= 0.6 is 0 Å². The molecule has 0 atom stereocenters. The SMILES string of the molecule is CCCN(CC(N)=NO)C(=O)COCC. The van der Waals surface area contributed by atoms with Crippen LogP contribution in [0, 0.1) is 0 Å². The molecule has 0 aromatic carbocycles. The number of carbonyl (C=O) groups excluding carboxylic acids is 1. The normalized spacial score (nSPS) is 11.5. The number of hydrogen-bond acceptors (Lipinski definition) is 4. The topological polar surface area (TPSA) is 88.1 Å². The maximum atomic E-state index is 11.6. The summed E-state index contributed by atoms with van der Waals surface area (Å²) >= 11 is 0. The van der Waals surface area contributed by atoms with Gasteiger partial charge >= 0.3 is 0 Å². The predicted octanol–water partition coefficient (Wildman–Crippen LogP) is 0.00790. The van der Waals surface area contributed by atoms with Gasteiger partial charge in [-0.2, -0.15) is 0 Å². The summed E-state index contributed by atoms with van der Waals surface area (Å²) < 4.78 is 5.00. The van der Waals surface area contributed by atoms with E-state index in [0.29, 0.717) is 13.2 Å². The summed E-state index contributed by atoms with van der Waals surface area (Å²) in [4.78, 5) is 13.1. The molecule has 0 aliphatic heterocycles. The van der Waals surface area contributed by atoms with Crippen LogP contribution in [0.4, 0.5) is 0 Å². The van der Waals surface area contributed by atoms with Crippen LogP contribution in [0.2, 0.25) is 0 Å². The zero-order chi connectivity index (χ0) is 11.7. The minimum atomic E-state index is -0.148. The van der Waals surface area contributed by atoms with Gasteiger partial charge < -0.3 is 20.6 Å². The van der Waals surface area contributed by atoms with Crippen molar-refractivity contribution in [2.45, 2.75) is 20.3 Å². The number of nitrogens with zero attached hydrogens (tertiary/aromatic N) is 2. The third kappa shape index (κ3) is 5.90. The Balaban J connectivity index is 4.18. The summed E-state index contributed by atoms with van der Waals surface area (Å²) in [7, 11) is 0. The van der Waals surface area contributed by atoms with Crippen LogP contribution < -0.4 is 5.73 Å². The van der Waals surface area contributed by atoms with Crippen molar-refractivity contribution in [3.8, 4) is 0 Å². The summed E-state index contributed by atoms with van der Waals surface area (Å²) in [6.07, 6.45) is 0.816. The number of nitrogens with two attached hydrogens (primary N) is 1. The quantitative estimate of drug-likeness (QED) is 0.272. The van der Waals surface area contributed by atoms with E-state index >= 15 is 0 Å². The van der Waals surface area contributed by atoms with Crippen LogP contribution in [-0.4, -0.2) is 48.2 Å². The molecule has 0 aliphatic carbocycles. The molecule has 0 heterocycles. The lowest BCUT2D eigenvalue weighted by Gasteiger charge is -2.20. The second-order valence-corrected chi connectivity index (χ2v) is 3.04. The number of amidine groups is 1. The van der Waals surface area contributed by atoms with Crippen molar-refractivity contribution < 1.29 is 14.7 Å². The average Bonchev–Trinajstić information content (AvgIpc) is 2.24. The minimum absolute atomic E-state index is 0.0216. The molecule has 0 aliphatic rings. The van der Waals surface area contributed by atoms with E-state index in [1.54, 1.807) is 0 Å². The molecular formula is C9H19N3O3. The molecule has 88 valence electrons. The number of rotatable bonds is 7. The van der Waals surface area contributed by atoms with Gasteiger partial charge in [-0.15, -0.1) is 0 Å². The fraction of sp³-hybridized carbons (Fsp3) is 0.778. The molecule has 0 radical (unpaired) electrons. The van der Waals surface area contributed by atoms with E-state index in [4.69, 9.17) is 15.7 Å². The monoisotopic (exact) mass is 217 g/mol. The fourth-order valence-corrected chi connectivity index (χ4v) is 1.07. The molecule has 3 N–H and O–H groups in total. The lowest BCUT2D eigenvalue weighted by Crippen LogP contribution is -2.40. The first-order valence-corrected chi connectivity index (χ1v) is 4.97. The maximum absolute atomic E-state index is 11.6. The first kappa shape index (κ1) is 13.7. The van der Waals surface area contributed by atoms with Gasteiger partial charge in [-0.3, -0.25) is 4.79 Å². The van der Waals surface area contributed by atoms with Crippen molar-refractivity contribution in [2.75, 3.05) is 26.3 Å². The lowest BCUT2D eigenvalue weighted by atomic mass is 10.3. The second kappa shape index (κ2) is 8.05. The summed E-state index contributed by atoms with van der Waals surface area (Å²) in [5, 5.41) is 11.2. The van der Waals surface area contributed by atoms with E-state index in [1.807, 2.05) is 13.8 Å². The van der Waals surface area contributed by atoms with Crippen LogP contribution in [0.15, 0.2) is 5.16 Å². The van der Waals surface area contributed by atoms with E-state index in [9.17, 15) is 4.79 Å². The van der Waals surface area contributed by atoms with E-state index in [-0.39, 0.29) is 24.9 Å². The van der Waals surface area contributed by atoms with Crippen molar-refractivity contribution in [1.82, 2.24) is 4.90 Å². The van der Waals surface area contributed by atoms with E-state index in [0.717, 1.165) is 6.42 Å². The third-order valence-electron chi connectivity index (χ3n) is 1.76. The summed E-state index contributed by atoms with van der Waals surface area (Å²) in [6.45, 7) is 5.01. The molecule has 6 nitrogen and oxygen atoms in total. The van der Waals surface area contributed by atoms with Gasteiger partial charge in [0, 0.05) is 13.2 Å². The van der Waals surface area contributed by atoms with Gasteiger partial charge in [0.25, 0.3) is 0 Å². The predicted molar refractivity (Wildman–Crippen MR) is 56.8 cm³/mol. The number of ether oxygens (including phenoxy) is 1. The Morgan fingerprint density at radius 3 is 2.67 bits per heavy atom. The molecular weight excluding hydrogens is 198 g/mol. The van der Waals surface area contributed by atoms with Gasteiger partial charge in [0.15, 0.2) is 5.84 Å². The molecule has 0 aromatic heterocycles. The Kier molecular flexibility index (Phi) is 7.35. The molecule has 0 spiro atoms. The molecule has 0 rings (SSSR count). The standard InChI is InChI=1S/C9H19N3O3/c1-3-5-12(6-8(10)11-14)9(13)7-15-4-2/h14H,3-7H2,1-2H3,(H2,10,11). The van der Waals surface area contributed by atoms with Gasteiger partial charge in [0.05, 0.1) is 6.54 Å². The average molecular weight is 217 g/mol.